The standard InChI is InChI=1S/C46H70N4O11/c1-13-36-46(9)40(50(44(55)61-46)22-16-15-21-49-25-34(47-26-49)32-17-19-33(56-11)20-18-32)29(5)37(51)27(3)24-45(8,57-12)41(30(6)38(52)31(7)42(54)59-36)60-43-39(53)35(48(10)14-2)23-28(4)58-43/h17-20,25-31,35-36,39-41,43,53H,13-16,21-24H2,1-12H3/t27-,28-,29+,30+,31-,35+,36-,39-,40+,41-,43+,45-,46-/m1/s1. The van der Waals surface area contributed by atoms with Crippen molar-refractivity contribution in [1.29, 1.82) is 0 Å². The molecule has 2 aromatic rings. The third-order valence-corrected chi connectivity index (χ3v) is 13.6. The highest BCUT2D eigenvalue weighted by Gasteiger charge is 2.60. The van der Waals surface area contributed by atoms with Crippen LogP contribution in [-0.2, 0) is 44.6 Å². The number of fused-ring (bicyclic) bond motifs is 1. The van der Waals surface area contributed by atoms with Crippen molar-refractivity contribution in [3.05, 3.63) is 36.8 Å². The van der Waals surface area contributed by atoms with Crippen molar-refractivity contribution in [3.63, 3.8) is 0 Å². The van der Waals surface area contributed by atoms with E-state index in [1.54, 1.807) is 46.0 Å². The van der Waals surface area contributed by atoms with Crippen LogP contribution in [0.4, 0.5) is 4.79 Å². The summed E-state index contributed by atoms with van der Waals surface area (Å²) in [6.07, 6.45) is 0.999. The lowest BCUT2D eigenvalue weighted by Gasteiger charge is -2.47. The van der Waals surface area contributed by atoms with Crippen LogP contribution in [0.1, 0.15) is 94.4 Å². The van der Waals surface area contributed by atoms with Crippen LogP contribution >= 0.6 is 0 Å². The molecule has 0 radical (unpaired) electrons. The molecule has 0 spiro atoms. The normalized spacial score (nSPS) is 35.4. The Hall–Kier alpha value is -3.89. The predicted molar refractivity (Wildman–Crippen MR) is 228 cm³/mol. The summed E-state index contributed by atoms with van der Waals surface area (Å²) in [7, 11) is 5.06. The number of carbonyl (C=O) groups excluding carboxylic acids is 4. The van der Waals surface area contributed by atoms with E-state index in [1.165, 1.54) is 14.0 Å². The lowest BCUT2D eigenvalue weighted by Crippen LogP contribution is -2.60. The third kappa shape index (κ3) is 10.2. The maximum atomic E-state index is 14.8. The number of Topliss-reactive ketones (excluding diaryl/α,β-unsaturated/α-hetero) is 2. The summed E-state index contributed by atoms with van der Waals surface area (Å²) < 4.78 is 38.7. The largest absolute Gasteiger partial charge is 0.497 e. The summed E-state index contributed by atoms with van der Waals surface area (Å²) in [5.74, 6) is -4.20. The van der Waals surface area contributed by atoms with Gasteiger partial charge >= 0.3 is 12.1 Å². The molecule has 1 aromatic heterocycles. The van der Waals surface area contributed by atoms with Gasteiger partial charge in [0.25, 0.3) is 0 Å². The van der Waals surface area contributed by atoms with E-state index < -0.39 is 83.4 Å². The number of aliphatic hydroxyl groups is 1. The number of ketones is 2. The van der Waals surface area contributed by atoms with Crippen LogP contribution in [0, 0.1) is 23.7 Å². The molecule has 15 heteroatoms. The Labute approximate surface area is 361 Å². The first-order chi connectivity index (χ1) is 28.8. The van der Waals surface area contributed by atoms with Crippen molar-refractivity contribution in [3.8, 4) is 17.0 Å². The highest BCUT2D eigenvalue weighted by Crippen LogP contribution is 2.43. The minimum Gasteiger partial charge on any atom is -0.497 e. The van der Waals surface area contributed by atoms with Crippen molar-refractivity contribution < 1.29 is 52.7 Å². The fourth-order valence-electron chi connectivity index (χ4n) is 9.84. The molecule has 61 heavy (non-hydrogen) atoms. The van der Waals surface area contributed by atoms with Gasteiger partial charge in [-0.25, -0.2) is 9.78 Å². The second-order valence-corrected chi connectivity index (χ2v) is 17.9. The number of cyclic esters (lactones) is 1. The molecule has 1 amide bonds. The highest BCUT2D eigenvalue weighted by atomic mass is 16.7. The smallest absolute Gasteiger partial charge is 0.410 e. The lowest BCUT2D eigenvalue weighted by atomic mass is 9.73. The monoisotopic (exact) mass is 855 g/mol. The SMILES string of the molecule is CC[C@H]1OC(=O)[C@H](C)C(=O)[C@H](C)[C@@H](O[C@@H]2O[C@H](C)C[C@H](N(C)CC)[C@H]2O)[C@](C)(OC)C[C@@H](C)C(=O)[C@H](C)[C@@H]2N(CCCCn3cnc(-c4ccc(OC)cc4)c3)C(=O)O[C@@]21C. The molecule has 0 saturated carbocycles. The minimum absolute atomic E-state index is 0.128. The average molecular weight is 855 g/mol. The van der Waals surface area contributed by atoms with Crippen molar-refractivity contribution in [2.45, 2.75) is 155 Å². The Balaban J connectivity index is 1.42. The van der Waals surface area contributed by atoms with Gasteiger partial charge in [0.1, 0.15) is 29.7 Å². The van der Waals surface area contributed by atoms with Crippen LogP contribution in [-0.4, -0.2) is 136 Å². The summed E-state index contributed by atoms with van der Waals surface area (Å²) in [4.78, 5) is 65.3. The second-order valence-electron chi connectivity index (χ2n) is 17.9. The van der Waals surface area contributed by atoms with Gasteiger partial charge in [-0.1, -0.05) is 34.6 Å². The van der Waals surface area contributed by atoms with Crippen LogP contribution in [0.15, 0.2) is 36.8 Å². The van der Waals surface area contributed by atoms with Gasteiger partial charge in [0, 0.05) is 55.8 Å². The molecule has 1 aromatic carbocycles. The minimum atomic E-state index is -1.41. The number of likely N-dealkylation sites (N-methyl/N-ethyl adjacent to an activating group) is 1. The van der Waals surface area contributed by atoms with Crippen LogP contribution in [0.5, 0.6) is 5.75 Å². The zero-order valence-electron chi connectivity index (χ0n) is 38.3. The van der Waals surface area contributed by atoms with Gasteiger partial charge in [-0.3, -0.25) is 14.4 Å². The number of hydrogen-bond acceptors (Lipinski definition) is 13. The maximum absolute atomic E-state index is 14.8. The zero-order valence-corrected chi connectivity index (χ0v) is 38.3. The van der Waals surface area contributed by atoms with Gasteiger partial charge in [-0.2, -0.15) is 0 Å². The Morgan fingerprint density at radius 1 is 0.951 bits per heavy atom. The van der Waals surface area contributed by atoms with Crippen molar-refractivity contribution >= 4 is 23.6 Å². The molecule has 3 aliphatic rings. The second kappa shape index (κ2) is 20.1. The molecular weight excluding hydrogens is 785 g/mol. The number of ether oxygens (including phenoxy) is 6. The van der Waals surface area contributed by atoms with E-state index in [2.05, 4.69) is 4.98 Å². The van der Waals surface area contributed by atoms with E-state index in [1.807, 2.05) is 74.7 Å². The van der Waals surface area contributed by atoms with Crippen LogP contribution in [0.25, 0.3) is 11.3 Å². The van der Waals surface area contributed by atoms with E-state index in [4.69, 9.17) is 28.4 Å². The van der Waals surface area contributed by atoms with Crippen molar-refractivity contribution in [1.82, 2.24) is 19.4 Å². The Morgan fingerprint density at radius 2 is 1.62 bits per heavy atom. The summed E-state index contributed by atoms with van der Waals surface area (Å²) >= 11 is 0. The number of carbonyl (C=O) groups is 4. The third-order valence-electron chi connectivity index (χ3n) is 13.6. The Bertz CT molecular complexity index is 1820. The van der Waals surface area contributed by atoms with Gasteiger partial charge in [-0.15, -0.1) is 0 Å². The Morgan fingerprint density at radius 3 is 2.25 bits per heavy atom. The molecule has 0 unspecified atom stereocenters. The van der Waals surface area contributed by atoms with Gasteiger partial charge in [-0.05, 0) is 97.7 Å². The lowest BCUT2D eigenvalue weighted by molar-refractivity contribution is -0.296. The number of nitrogens with zero attached hydrogens (tertiary/aromatic N) is 4. The fourth-order valence-corrected chi connectivity index (χ4v) is 9.84. The molecule has 3 saturated heterocycles. The topological polar surface area (TPSA) is 168 Å². The Kier molecular flexibility index (Phi) is 15.9. The van der Waals surface area contributed by atoms with Gasteiger partial charge in [0.15, 0.2) is 17.7 Å². The highest BCUT2D eigenvalue weighted by molar-refractivity contribution is 6.00. The van der Waals surface area contributed by atoms with Gasteiger partial charge in [0.2, 0.25) is 0 Å². The molecule has 340 valence electrons. The number of rotatable bonds is 13. The molecule has 3 aliphatic heterocycles. The zero-order chi connectivity index (χ0) is 45.0. The number of aliphatic hydroxyl groups excluding tert-OH is 1. The van der Waals surface area contributed by atoms with Crippen LogP contribution in [0.2, 0.25) is 0 Å². The first kappa shape index (κ1) is 48.1. The van der Waals surface area contributed by atoms with E-state index in [-0.39, 0.29) is 30.8 Å². The number of benzene rings is 1. The van der Waals surface area contributed by atoms with Crippen LogP contribution in [0.3, 0.4) is 0 Å². The van der Waals surface area contributed by atoms with Crippen molar-refractivity contribution in [2.24, 2.45) is 23.7 Å². The number of aryl methyl sites for hydroxylation is 1. The first-order valence-corrected chi connectivity index (χ1v) is 22.0. The molecule has 3 fully saturated rings. The molecule has 0 aliphatic carbocycles. The van der Waals surface area contributed by atoms with Gasteiger partial charge in [0.05, 0.1) is 43.0 Å². The number of hydrogen-bond donors (Lipinski definition) is 1. The number of unbranched alkanes of at least 4 members (excludes halogenated alkanes) is 1. The molecule has 13 atom stereocenters. The molecule has 1 N–H and O–H groups in total. The number of amides is 1. The average Bonchev–Trinajstić information content (AvgIpc) is 3.83. The number of imidazole rings is 1. The summed E-state index contributed by atoms with van der Waals surface area (Å²) in [6, 6.07) is 6.63. The first-order valence-electron chi connectivity index (χ1n) is 22.0. The van der Waals surface area contributed by atoms with E-state index >= 15 is 0 Å². The summed E-state index contributed by atoms with van der Waals surface area (Å²) in [5.41, 5.74) is -0.881. The van der Waals surface area contributed by atoms with E-state index in [0.29, 0.717) is 38.9 Å². The van der Waals surface area contributed by atoms with Crippen molar-refractivity contribution in [2.75, 3.05) is 34.4 Å². The molecular formula is C46H70N4O11. The van der Waals surface area contributed by atoms with E-state index in [0.717, 1.165) is 17.0 Å². The summed E-state index contributed by atoms with van der Waals surface area (Å²) in [5, 5.41) is 11.6. The maximum Gasteiger partial charge on any atom is 0.410 e. The molecule has 4 heterocycles. The predicted octanol–water partition coefficient (Wildman–Crippen LogP) is 5.93. The van der Waals surface area contributed by atoms with Gasteiger partial charge < -0.3 is 47.9 Å². The molecule has 15 nitrogen and oxygen atoms in total. The summed E-state index contributed by atoms with van der Waals surface area (Å²) in [6.45, 7) is 17.7. The molecule has 5 rings (SSSR count). The fraction of sp³-hybridized carbons (Fsp3) is 0.717. The van der Waals surface area contributed by atoms with E-state index in [9.17, 15) is 24.3 Å². The number of esters is 1. The molecule has 0 bridgehead atoms. The van der Waals surface area contributed by atoms with Crippen LogP contribution < -0.4 is 4.74 Å². The number of methoxy groups -OCH3 is 2. The quantitative estimate of drug-likeness (QED) is 0.143. The number of aromatic nitrogens is 2.